The largest absolute Gasteiger partial charge is 0.351 e. The molecule has 8 heteroatoms. The Kier molecular flexibility index (Phi) is 5.81. The SMILES string of the molecule is O=C(NCCc1nc(N2CCC(c3ccc(Cl)cc3)CC2)no1)c1cc2ccccc2[nH]1. The number of amides is 1. The van der Waals surface area contributed by atoms with E-state index in [4.69, 9.17) is 16.1 Å². The van der Waals surface area contributed by atoms with E-state index >= 15 is 0 Å². The number of H-pyrrole nitrogens is 1. The Morgan fingerprint density at radius 1 is 1.16 bits per heavy atom. The van der Waals surface area contributed by atoms with Crippen LogP contribution < -0.4 is 10.2 Å². The third kappa shape index (κ3) is 4.48. The van der Waals surface area contributed by atoms with Crippen molar-refractivity contribution in [3.63, 3.8) is 0 Å². The number of hydrogen-bond acceptors (Lipinski definition) is 5. The van der Waals surface area contributed by atoms with E-state index in [-0.39, 0.29) is 5.91 Å². The van der Waals surface area contributed by atoms with Gasteiger partial charge in [-0.25, -0.2) is 0 Å². The lowest BCUT2D eigenvalue weighted by molar-refractivity contribution is 0.0949. The molecule has 7 nitrogen and oxygen atoms in total. The highest BCUT2D eigenvalue weighted by Gasteiger charge is 2.23. The number of anilines is 1. The number of hydrogen-bond donors (Lipinski definition) is 2. The van der Waals surface area contributed by atoms with Gasteiger partial charge in [-0.05, 0) is 53.7 Å². The molecule has 32 heavy (non-hydrogen) atoms. The van der Waals surface area contributed by atoms with Crippen molar-refractivity contribution in [2.24, 2.45) is 0 Å². The first kappa shape index (κ1) is 20.6. The standard InChI is InChI=1S/C24H24ClN5O2/c25-19-7-5-16(6-8-19)17-10-13-30(14-11-17)24-28-22(32-29-24)9-12-26-23(31)21-15-18-3-1-2-4-20(18)27-21/h1-8,15,17,27H,9-14H2,(H,26,31). The van der Waals surface area contributed by atoms with Crippen molar-refractivity contribution in [2.45, 2.75) is 25.2 Å². The lowest BCUT2D eigenvalue weighted by Crippen LogP contribution is -2.33. The molecule has 0 spiro atoms. The summed E-state index contributed by atoms with van der Waals surface area (Å²) >= 11 is 6.00. The van der Waals surface area contributed by atoms with Crippen LogP contribution in [0.1, 0.15) is 40.7 Å². The smallest absolute Gasteiger partial charge is 0.267 e. The minimum absolute atomic E-state index is 0.148. The highest BCUT2D eigenvalue weighted by molar-refractivity contribution is 6.30. The number of rotatable bonds is 6. The van der Waals surface area contributed by atoms with E-state index < -0.39 is 0 Å². The van der Waals surface area contributed by atoms with Crippen molar-refractivity contribution in [3.05, 3.63) is 76.8 Å². The number of benzene rings is 2. The van der Waals surface area contributed by atoms with Crippen LogP contribution in [0.15, 0.2) is 59.1 Å². The Morgan fingerprint density at radius 2 is 1.94 bits per heavy atom. The van der Waals surface area contributed by atoms with Crippen LogP contribution in [0.3, 0.4) is 0 Å². The second kappa shape index (κ2) is 9.04. The lowest BCUT2D eigenvalue weighted by atomic mass is 9.90. The first-order valence-corrected chi connectivity index (χ1v) is 11.2. The summed E-state index contributed by atoms with van der Waals surface area (Å²) in [5, 5.41) is 8.82. The predicted molar refractivity (Wildman–Crippen MR) is 124 cm³/mol. The topological polar surface area (TPSA) is 87.1 Å². The summed E-state index contributed by atoms with van der Waals surface area (Å²) in [4.78, 5) is 22.2. The maximum atomic E-state index is 12.4. The van der Waals surface area contributed by atoms with Gasteiger partial charge in [-0.2, -0.15) is 4.98 Å². The number of halogens is 1. The monoisotopic (exact) mass is 449 g/mol. The summed E-state index contributed by atoms with van der Waals surface area (Å²) in [6.45, 7) is 2.18. The molecule has 2 N–H and O–H groups in total. The van der Waals surface area contributed by atoms with E-state index in [2.05, 4.69) is 37.5 Å². The van der Waals surface area contributed by atoms with Crippen molar-refractivity contribution >= 4 is 34.4 Å². The van der Waals surface area contributed by atoms with Gasteiger partial charge in [0.2, 0.25) is 5.89 Å². The van der Waals surface area contributed by atoms with Crippen molar-refractivity contribution < 1.29 is 9.32 Å². The fourth-order valence-electron chi connectivity index (χ4n) is 4.20. The van der Waals surface area contributed by atoms with Crippen LogP contribution in [-0.4, -0.2) is 40.7 Å². The molecule has 1 aliphatic heterocycles. The molecule has 0 bridgehead atoms. The average Bonchev–Trinajstić information content (AvgIpc) is 3.47. The maximum Gasteiger partial charge on any atom is 0.267 e. The van der Waals surface area contributed by atoms with Crippen LogP contribution in [0.2, 0.25) is 5.02 Å². The van der Waals surface area contributed by atoms with Crippen LogP contribution in [-0.2, 0) is 6.42 Å². The number of carbonyl (C=O) groups excluding carboxylic acids is 1. The van der Waals surface area contributed by atoms with Crippen molar-refractivity contribution in [2.75, 3.05) is 24.5 Å². The van der Waals surface area contributed by atoms with E-state index in [1.807, 2.05) is 42.5 Å². The number of carbonyl (C=O) groups is 1. The van der Waals surface area contributed by atoms with Crippen LogP contribution in [0.25, 0.3) is 10.9 Å². The molecule has 1 amide bonds. The van der Waals surface area contributed by atoms with Gasteiger partial charge in [-0.3, -0.25) is 4.79 Å². The van der Waals surface area contributed by atoms with Gasteiger partial charge in [0.05, 0.1) is 0 Å². The molecular formula is C24H24ClN5O2. The first-order chi connectivity index (χ1) is 15.7. The minimum Gasteiger partial charge on any atom is -0.351 e. The molecule has 1 saturated heterocycles. The number of aromatic amines is 1. The fourth-order valence-corrected chi connectivity index (χ4v) is 4.32. The maximum absolute atomic E-state index is 12.4. The summed E-state index contributed by atoms with van der Waals surface area (Å²) in [6.07, 6.45) is 2.55. The van der Waals surface area contributed by atoms with Gasteiger partial charge in [0.1, 0.15) is 5.69 Å². The fraction of sp³-hybridized carbons (Fsp3) is 0.292. The highest BCUT2D eigenvalue weighted by Crippen LogP contribution is 2.30. The molecule has 3 heterocycles. The van der Waals surface area contributed by atoms with Gasteiger partial charge in [0.25, 0.3) is 11.9 Å². The number of fused-ring (bicyclic) bond motifs is 1. The third-order valence-electron chi connectivity index (χ3n) is 5.98. The zero-order valence-electron chi connectivity index (χ0n) is 17.6. The van der Waals surface area contributed by atoms with Crippen molar-refractivity contribution in [1.29, 1.82) is 0 Å². The van der Waals surface area contributed by atoms with E-state index in [9.17, 15) is 4.79 Å². The molecule has 2 aromatic carbocycles. The molecule has 0 aliphatic carbocycles. The Balaban J connectivity index is 1.11. The van der Waals surface area contributed by atoms with Gasteiger partial charge < -0.3 is 19.7 Å². The summed E-state index contributed by atoms with van der Waals surface area (Å²) in [7, 11) is 0. The molecule has 0 saturated carbocycles. The molecule has 0 atom stereocenters. The number of piperidine rings is 1. The van der Waals surface area contributed by atoms with Crippen LogP contribution >= 0.6 is 11.6 Å². The van der Waals surface area contributed by atoms with Gasteiger partial charge in [0.15, 0.2) is 0 Å². The average molecular weight is 450 g/mol. The van der Waals surface area contributed by atoms with Crippen LogP contribution in [0.5, 0.6) is 0 Å². The molecule has 1 aliphatic rings. The normalized spacial score (nSPS) is 14.7. The number of nitrogens with zero attached hydrogens (tertiary/aromatic N) is 3. The molecule has 1 fully saturated rings. The van der Waals surface area contributed by atoms with Crippen LogP contribution in [0, 0.1) is 0 Å². The molecule has 5 rings (SSSR count). The van der Waals surface area contributed by atoms with Gasteiger partial charge in [0, 0.05) is 42.0 Å². The Morgan fingerprint density at radius 3 is 2.72 bits per heavy atom. The number of para-hydroxylation sites is 1. The summed E-state index contributed by atoms with van der Waals surface area (Å²) < 4.78 is 5.40. The second-order valence-electron chi connectivity index (χ2n) is 8.08. The third-order valence-corrected chi connectivity index (χ3v) is 6.23. The Bertz CT molecular complexity index is 1180. The minimum atomic E-state index is -0.148. The summed E-state index contributed by atoms with van der Waals surface area (Å²) in [6, 6.07) is 17.8. The highest BCUT2D eigenvalue weighted by atomic mass is 35.5. The second-order valence-corrected chi connectivity index (χ2v) is 8.51. The predicted octanol–water partition coefficient (Wildman–Crippen LogP) is 4.56. The first-order valence-electron chi connectivity index (χ1n) is 10.8. The number of nitrogens with one attached hydrogen (secondary N) is 2. The van der Waals surface area contributed by atoms with E-state index in [1.54, 1.807) is 0 Å². The summed E-state index contributed by atoms with van der Waals surface area (Å²) in [5.41, 5.74) is 2.81. The van der Waals surface area contributed by atoms with Crippen molar-refractivity contribution in [3.8, 4) is 0 Å². The molecular weight excluding hydrogens is 426 g/mol. The van der Waals surface area contributed by atoms with E-state index in [0.29, 0.717) is 36.4 Å². The van der Waals surface area contributed by atoms with E-state index in [0.717, 1.165) is 41.9 Å². The van der Waals surface area contributed by atoms with Gasteiger partial charge >= 0.3 is 0 Å². The number of aromatic nitrogens is 3. The lowest BCUT2D eigenvalue weighted by Gasteiger charge is -2.31. The van der Waals surface area contributed by atoms with Gasteiger partial charge in [-0.15, -0.1) is 0 Å². The molecule has 0 unspecified atom stereocenters. The quantitative estimate of drug-likeness (QED) is 0.450. The summed E-state index contributed by atoms with van der Waals surface area (Å²) in [5.74, 6) is 1.52. The zero-order valence-corrected chi connectivity index (χ0v) is 18.3. The Labute approximate surface area is 190 Å². The Hall–Kier alpha value is -3.32. The molecule has 4 aromatic rings. The van der Waals surface area contributed by atoms with Crippen molar-refractivity contribution in [1.82, 2.24) is 20.4 Å². The molecule has 2 aromatic heterocycles. The van der Waals surface area contributed by atoms with Crippen LogP contribution in [0.4, 0.5) is 5.95 Å². The zero-order chi connectivity index (χ0) is 21.9. The molecule has 0 radical (unpaired) electrons. The van der Waals surface area contributed by atoms with Gasteiger partial charge in [-0.1, -0.05) is 41.9 Å². The van der Waals surface area contributed by atoms with E-state index in [1.165, 1.54) is 5.56 Å². The molecule has 164 valence electrons.